The van der Waals surface area contributed by atoms with Crippen LogP contribution >= 0.6 is 27.5 Å². The highest BCUT2D eigenvalue weighted by atomic mass is 79.9. The fourth-order valence-electron chi connectivity index (χ4n) is 2.65. The predicted octanol–water partition coefficient (Wildman–Crippen LogP) is 5.21. The standard InChI is InChI=1S/C16H15BrClNO/c1-20-12-5-2-10-3-6-15(13(10)9-12)19-16-7-4-11(17)8-14(16)18/h2,4-5,7-9,15,19H,3,6H2,1H3. The van der Waals surface area contributed by atoms with Crippen LogP contribution in [0.5, 0.6) is 5.75 Å². The van der Waals surface area contributed by atoms with Crippen LogP contribution in [-0.2, 0) is 6.42 Å². The molecule has 0 aliphatic heterocycles. The highest BCUT2D eigenvalue weighted by Gasteiger charge is 2.23. The van der Waals surface area contributed by atoms with Crippen LogP contribution in [0.15, 0.2) is 40.9 Å². The number of fused-ring (bicyclic) bond motifs is 1. The van der Waals surface area contributed by atoms with E-state index in [1.807, 2.05) is 24.3 Å². The van der Waals surface area contributed by atoms with Crippen molar-refractivity contribution in [2.45, 2.75) is 18.9 Å². The van der Waals surface area contributed by atoms with E-state index in [0.717, 1.165) is 33.8 Å². The topological polar surface area (TPSA) is 21.3 Å². The molecule has 0 heterocycles. The van der Waals surface area contributed by atoms with Crippen LogP contribution in [0, 0.1) is 0 Å². The van der Waals surface area contributed by atoms with Crippen LogP contribution in [0.2, 0.25) is 5.02 Å². The van der Waals surface area contributed by atoms with Crippen molar-refractivity contribution in [3.8, 4) is 5.75 Å². The van der Waals surface area contributed by atoms with Gasteiger partial charge in [0.2, 0.25) is 0 Å². The van der Waals surface area contributed by atoms with E-state index in [-0.39, 0.29) is 0 Å². The highest BCUT2D eigenvalue weighted by molar-refractivity contribution is 9.10. The lowest BCUT2D eigenvalue weighted by Gasteiger charge is -2.17. The summed E-state index contributed by atoms with van der Waals surface area (Å²) in [6.45, 7) is 0. The van der Waals surface area contributed by atoms with Gasteiger partial charge in [-0.3, -0.25) is 0 Å². The second kappa shape index (κ2) is 5.66. The number of hydrogen-bond acceptors (Lipinski definition) is 2. The monoisotopic (exact) mass is 351 g/mol. The summed E-state index contributed by atoms with van der Waals surface area (Å²) in [5.41, 5.74) is 3.66. The fourth-order valence-corrected chi connectivity index (χ4v) is 3.38. The molecule has 0 saturated heterocycles. The Labute approximate surface area is 132 Å². The zero-order valence-electron chi connectivity index (χ0n) is 11.1. The van der Waals surface area contributed by atoms with E-state index in [2.05, 4.69) is 33.4 Å². The molecule has 4 heteroatoms. The van der Waals surface area contributed by atoms with Gasteiger partial charge in [0.25, 0.3) is 0 Å². The van der Waals surface area contributed by atoms with Crippen molar-refractivity contribution in [2.75, 3.05) is 12.4 Å². The third-order valence-electron chi connectivity index (χ3n) is 3.69. The number of hydrogen-bond donors (Lipinski definition) is 1. The summed E-state index contributed by atoms with van der Waals surface area (Å²) in [6.07, 6.45) is 2.17. The molecule has 2 aromatic carbocycles. The molecule has 2 nitrogen and oxygen atoms in total. The Morgan fingerprint density at radius 1 is 1.25 bits per heavy atom. The molecular formula is C16H15BrClNO. The lowest BCUT2D eigenvalue weighted by Crippen LogP contribution is -2.07. The summed E-state index contributed by atoms with van der Waals surface area (Å²) in [5.74, 6) is 0.902. The number of nitrogens with one attached hydrogen (secondary N) is 1. The molecule has 20 heavy (non-hydrogen) atoms. The molecule has 1 N–H and O–H groups in total. The van der Waals surface area contributed by atoms with Crippen LogP contribution in [0.3, 0.4) is 0 Å². The van der Waals surface area contributed by atoms with Crippen molar-refractivity contribution in [1.82, 2.24) is 0 Å². The third-order valence-corrected chi connectivity index (χ3v) is 4.50. The second-order valence-corrected chi connectivity index (χ2v) is 6.25. The van der Waals surface area contributed by atoms with E-state index in [4.69, 9.17) is 16.3 Å². The van der Waals surface area contributed by atoms with Gasteiger partial charge in [-0.05, 0) is 54.3 Å². The summed E-state index contributed by atoms with van der Waals surface area (Å²) < 4.78 is 6.30. The number of methoxy groups -OCH3 is 1. The first-order chi connectivity index (χ1) is 9.67. The van der Waals surface area contributed by atoms with Crippen molar-refractivity contribution in [1.29, 1.82) is 0 Å². The maximum atomic E-state index is 6.28. The van der Waals surface area contributed by atoms with E-state index >= 15 is 0 Å². The number of anilines is 1. The van der Waals surface area contributed by atoms with Crippen LogP contribution < -0.4 is 10.1 Å². The first kappa shape index (κ1) is 13.8. The highest BCUT2D eigenvalue weighted by Crippen LogP contribution is 2.37. The molecule has 0 saturated carbocycles. The van der Waals surface area contributed by atoms with Gasteiger partial charge in [0.15, 0.2) is 0 Å². The Hall–Kier alpha value is -1.19. The number of rotatable bonds is 3. The fraction of sp³-hybridized carbons (Fsp3) is 0.250. The lowest BCUT2D eigenvalue weighted by atomic mass is 10.1. The molecule has 2 aromatic rings. The smallest absolute Gasteiger partial charge is 0.119 e. The molecule has 1 aliphatic carbocycles. The average molecular weight is 353 g/mol. The zero-order chi connectivity index (χ0) is 14.1. The number of benzene rings is 2. The van der Waals surface area contributed by atoms with E-state index in [1.54, 1.807) is 7.11 Å². The van der Waals surface area contributed by atoms with Gasteiger partial charge in [-0.25, -0.2) is 0 Å². The third kappa shape index (κ3) is 2.65. The van der Waals surface area contributed by atoms with Gasteiger partial charge >= 0.3 is 0 Å². The summed E-state index contributed by atoms with van der Waals surface area (Å²) in [4.78, 5) is 0. The van der Waals surface area contributed by atoms with Gasteiger partial charge in [-0.2, -0.15) is 0 Å². The molecular weight excluding hydrogens is 338 g/mol. The Morgan fingerprint density at radius 2 is 2.10 bits per heavy atom. The minimum atomic E-state index is 0.291. The molecule has 0 spiro atoms. The first-order valence-electron chi connectivity index (χ1n) is 6.56. The zero-order valence-corrected chi connectivity index (χ0v) is 13.5. The average Bonchev–Trinajstić information content (AvgIpc) is 2.84. The van der Waals surface area contributed by atoms with Crippen LogP contribution in [0.1, 0.15) is 23.6 Å². The molecule has 1 aliphatic rings. The summed E-state index contributed by atoms with van der Waals surface area (Å²) in [5, 5.41) is 4.27. The minimum absolute atomic E-state index is 0.291. The normalized spacial score (nSPS) is 16.9. The molecule has 0 bridgehead atoms. The molecule has 1 atom stereocenters. The first-order valence-corrected chi connectivity index (χ1v) is 7.73. The van der Waals surface area contributed by atoms with Crippen LogP contribution in [-0.4, -0.2) is 7.11 Å². The molecule has 0 aromatic heterocycles. The van der Waals surface area contributed by atoms with E-state index in [0.29, 0.717) is 6.04 Å². The number of halogens is 2. The van der Waals surface area contributed by atoms with Crippen molar-refractivity contribution in [3.05, 3.63) is 57.0 Å². The largest absolute Gasteiger partial charge is 0.497 e. The molecule has 104 valence electrons. The molecule has 0 radical (unpaired) electrons. The van der Waals surface area contributed by atoms with E-state index < -0.39 is 0 Å². The van der Waals surface area contributed by atoms with Gasteiger partial charge < -0.3 is 10.1 Å². The molecule has 3 rings (SSSR count). The minimum Gasteiger partial charge on any atom is -0.497 e. The van der Waals surface area contributed by atoms with Crippen molar-refractivity contribution < 1.29 is 4.74 Å². The maximum Gasteiger partial charge on any atom is 0.119 e. The summed E-state index contributed by atoms with van der Waals surface area (Å²) in [6, 6.07) is 12.5. The van der Waals surface area contributed by atoms with Crippen molar-refractivity contribution >= 4 is 33.2 Å². The Kier molecular flexibility index (Phi) is 3.90. The lowest BCUT2D eigenvalue weighted by molar-refractivity contribution is 0.414. The number of ether oxygens (including phenoxy) is 1. The van der Waals surface area contributed by atoms with Crippen LogP contribution in [0.4, 0.5) is 5.69 Å². The summed E-state index contributed by atoms with van der Waals surface area (Å²) >= 11 is 9.70. The Morgan fingerprint density at radius 3 is 2.85 bits per heavy atom. The summed E-state index contributed by atoms with van der Waals surface area (Å²) in [7, 11) is 1.70. The molecule has 0 fully saturated rings. The van der Waals surface area contributed by atoms with E-state index in [1.165, 1.54) is 11.1 Å². The quantitative estimate of drug-likeness (QED) is 0.818. The van der Waals surface area contributed by atoms with Crippen molar-refractivity contribution in [3.63, 3.8) is 0 Å². The molecule has 0 amide bonds. The van der Waals surface area contributed by atoms with Gasteiger partial charge in [0.05, 0.1) is 23.9 Å². The Bertz CT molecular complexity index is 644. The van der Waals surface area contributed by atoms with Gasteiger partial charge in [0.1, 0.15) is 5.75 Å². The van der Waals surface area contributed by atoms with Gasteiger partial charge in [-0.1, -0.05) is 33.6 Å². The van der Waals surface area contributed by atoms with Gasteiger partial charge in [-0.15, -0.1) is 0 Å². The molecule has 1 unspecified atom stereocenters. The SMILES string of the molecule is COc1ccc2c(c1)C(Nc1ccc(Br)cc1Cl)CC2. The van der Waals surface area contributed by atoms with Crippen LogP contribution in [0.25, 0.3) is 0 Å². The van der Waals surface area contributed by atoms with E-state index in [9.17, 15) is 0 Å². The number of aryl methyl sites for hydroxylation is 1. The van der Waals surface area contributed by atoms with Crippen molar-refractivity contribution in [2.24, 2.45) is 0 Å². The Balaban J connectivity index is 1.87. The maximum absolute atomic E-state index is 6.28. The second-order valence-electron chi connectivity index (χ2n) is 4.92. The van der Waals surface area contributed by atoms with Gasteiger partial charge in [0, 0.05) is 4.47 Å². The predicted molar refractivity (Wildman–Crippen MR) is 86.8 cm³/mol.